The molecule has 5 nitrogen and oxygen atoms in total. The number of H-pyrrole nitrogens is 1. The van der Waals surface area contributed by atoms with Crippen molar-refractivity contribution in [3.05, 3.63) is 47.0 Å². The molecule has 0 amide bonds. The van der Waals surface area contributed by atoms with Gasteiger partial charge in [0.05, 0.1) is 6.33 Å². The second kappa shape index (κ2) is 5.11. The number of hydrogen-bond acceptors (Lipinski definition) is 4. The molecule has 0 bridgehead atoms. The molecule has 21 heavy (non-hydrogen) atoms. The molecule has 1 fully saturated rings. The van der Waals surface area contributed by atoms with E-state index in [-0.39, 0.29) is 0 Å². The lowest BCUT2D eigenvalue weighted by atomic mass is 9.99. The van der Waals surface area contributed by atoms with Crippen LogP contribution in [-0.4, -0.2) is 33.0 Å². The van der Waals surface area contributed by atoms with E-state index in [1.54, 1.807) is 12.7 Å². The van der Waals surface area contributed by atoms with Crippen molar-refractivity contribution in [1.29, 1.82) is 0 Å². The molecule has 106 valence electrons. The highest BCUT2D eigenvalue weighted by Gasteiger charge is 2.26. The second-order valence-electron chi connectivity index (χ2n) is 5.29. The van der Waals surface area contributed by atoms with Crippen LogP contribution in [0.25, 0.3) is 11.2 Å². The molecule has 3 aromatic rings. The topological polar surface area (TPSA) is 57.7 Å². The van der Waals surface area contributed by atoms with Crippen LogP contribution < -0.4 is 4.90 Å². The Morgan fingerprint density at radius 2 is 2.19 bits per heavy atom. The number of imidazole rings is 1. The van der Waals surface area contributed by atoms with Crippen LogP contribution in [-0.2, 0) is 0 Å². The summed E-state index contributed by atoms with van der Waals surface area (Å²) in [7, 11) is 0. The van der Waals surface area contributed by atoms with Gasteiger partial charge < -0.3 is 9.88 Å². The first-order chi connectivity index (χ1) is 10.3. The number of aromatic amines is 1. The highest BCUT2D eigenvalue weighted by molar-refractivity contribution is 9.10. The summed E-state index contributed by atoms with van der Waals surface area (Å²) in [5, 5.41) is 0. The smallest absolute Gasteiger partial charge is 0.182 e. The number of fused-ring (bicyclic) bond motifs is 1. The Kier molecular flexibility index (Phi) is 3.11. The monoisotopic (exact) mass is 343 g/mol. The van der Waals surface area contributed by atoms with Crippen LogP contribution in [0.2, 0.25) is 0 Å². The van der Waals surface area contributed by atoms with Crippen molar-refractivity contribution in [3.8, 4) is 0 Å². The molecule has 2 aromatic heterocycles. The quantitative estimate of drug-likeness (QED) is 0.776. The number of benzene rings is 1. The zero-order chi connectivity index (χ0) is 14.2. The summed E-state index contributed by atoms with van der Waals surface area (Å²) in [5.74, 6) is 1.49. The normalized spacial score (nSPS) is 18.5. The molecule has 0 spiro atoms. The van der Waals surface area contributed by atoms with Gasteiger partial charge in [-0.3, -0.25) is 0 Å². The van der Waals surface area contributed by atoms with Crippen molar-refractivity contribution in [2.75, 3.05) is 18.0 Å². The van der Waals surface area contributed by atoms with E-state index < -0.39 is 0 Å². The van der Waals surface area contributed by atoms with Crippen molar-refractivity contribution in [3.63, 3.8) is 0 Å². The summed E-state index contributed by atoms with van der Waals surface area (Å²) in [4.78, 5) is 18.3. The van der Waals surface area contributed by atoms with Gasteiger partial charge in [0.25, 0.3) is 0 Å². The van der Waals surface area contributed by atoms with Crippen LogP contribution in [0.3, 0.4) is 0 Å². The van der Waals surface area contributed by atoms with Gasteiger partial charge in [-0.25, -0.2) is 15.0 Å². The fraction of sp³-hybridized carbons (Fsp3) is 0.267. The Morgan fingerprint density at radius 1 is 1.24 bits per heavy atom. The third-order valence-corrected chi connectivity index (χ3v) is 4.50. The molecule has 3 heterocycles. The molecular weight excluding hydrogens is 330 g/mol. The van der Waals surface area contributed by atoms with Crippen molar-refractivity contribution >= 4 is 32.9 Å². The average Bonchev–Trinajstić information content (AvgIpc) is 3.16. The van der Waals surface area contributed by atoms with Crippen molar-refractivity contribution in [1.82, 2.24) is 19.9 Å². The van der Waals surface area contributed by atoms with Crippen molar-refractivity contribution in [2.45, 2.75) is 12.3 Å². The number of aromatic nitrogens is 4. The predicted molar refractivity (Wildman–Crippen MR) is 85.4 cm³/mol. The lowest BCUT2D eigenvalue weighted by Gasteiger charge is -2.17. The number of anilines is 1. The molecule has 1 N–H and O–H groups in total. The number of hydrogen-bond donors (Lipinski definition) is 1. The van der Waals surface area contributed by atoms with Crippen LogP contribution in [0.15, 0.2) is 41.4 Å². The largest absolute Gasteiger partial charge is 0.354 e. The fourth-order valence-electron chi connectivity index (χ4n) is 2.98. The second-order valence-corrected chi connectivity index (χ2v) is 6.20. The molecule has 1 aliphatic heterocycles. The van der Waals surface area contributed by atoms with Gasteiger partial charge in [0.2, 0.25) is 0 Å². The van der Waals surface area contributed by atoms with Crippen LogP contribution in [0.4, 0.5) is 5.82 Å². The SMILES string of the molecule is Brc1cccc(C2CCN(c3ncnc4nc[nH]c34)C2)c1. The molecular formula is C15H14BrN5. The molecule has 0 saturated carbocycles. The summed E-state index contributed by atoms with van der Waals surface area (Å²) in [6.45, 7) is 1.98. The zero-order valence-electron chi connectivity index (χ0n) is 11.3. The third-order valence-electron chi connectivity index (χ3n) is 4.01. The first-order valence-electron chi connectivity index (χ1n) is 6.96. The lowest BCUT2D eigenvalue weighted by molar-refractivity contribution is 0.774. The lowest BCUT2D eigenvalue weighted by Crippen LogP contribution is -2.21. The summed E-state index contributed by atoms with van der Waals surface area (Å²) < 4.78 is 1.14. The summed E-state index contributed by atoms with van der Waals surface area (Å²) in [5.41, 5.74) is 3.03. The number of nitrogens with one attached hydrogen (secondary N) is 1. The Morgan fingerprint density at radius 3 is 3.10 bits per heavy atom. The first kappa shape index (κ1) is 12.8. The molecule has 0 aliphatic carbocycles. The van der Waals surface area contributed by atoms with E-state index >= 15 is 0 Å². The van der Waals surface area contributed by atoms with Crippen LogP contribution in [0, 0.1) is 0 Å². The summed E-state index contributed by atoms with van der Waals surface area (Å²) in [6.07, 6.45) is 4.39. The Bertz CT molecular complexity index is 784. The summed E-state index contributed by atoms with van der Waals surface area (Å²) in [6, 6.07) is 8.57. The maximum atomic E-state index is 4.44. The molecule has 1 aliphatic rings. The van der Waals surface area contributed by atoms with Crippen LogP contribution in [0.5, 0.6) is 0 Å². The van der Waals surface area contributed by atoms with E-state index in [9.17, 15) is 0 Å². The highest BCUT2D eigenvalue weighted by atomic mass is 79.9. The molecule has 1 aromatic carbocycles. The van der Waals surface area contributed by atoms with Gasteiger partial charge >= 0.3 is 0 Å². The Balaban J connectivity index is 1.63. The molecule has 4 rings (SSSR count). The molecule has 0 radical (unpaired) electrons. The van der Waals surface area contributed by atoms with E-state index in [0.29, 0.717) is 5.92 Å². The van der Waals surface area contributed by atoms with E-state index in [0.717, 1.165) is 41.0 Å². The van der Waals surface area contributed by atoms with Crippen LogP contribution >= 0.6 is 15.9 Å². The third kappa shape index (κ3) is 2.29. The number of nitrogens with zero attached hydrogens (tertiary/aromatic N) is 4. The zero-order valence-corrected chi connectivity index (χ0v) is 12.9. The van der Waals surface area contributed by atoms with Gasteiger partial charge in [-0.05, 0) is 24.1 Å². The maximum Gasteiger partial charge on any atom is 0.182 e. The van der Waals surface area contributed by atoms with E-state index in [4.69, 9.17) is 0 Å². The molecule has 6 heteroatoms. The predicted octanol–water partition coefficient (Wildman–Crippen LogP) is 3.11. The van der Waals surface area contributed by atoms with E-state index in [1.165, 1.54) is 5.56 Å². The Hall–Kier alpha value is -1.95. The molecule has 1 saturated heterocycles. The fourth-order valence-corrected chi connectivity index (χ4v) is 3.39. The first-order valence-corrected chi connectivity index (χ1v) is 7.75. The number of rotatable bonds is 2. The minimum absolute atomic E-state index is 0.537. The van der Waals surface area contributed by atoms with Crippen molar-refractivity contribution in [2.24, 2.45) is 0 Å². The van der Waals surface area contributed by atoms with Gasteiger partial charge in [0.15, 0.2) is 11.5 Å². The van der Waals surface area contributed by atoms with Gasteiger partial charge in [0.1, 0.15) is 11.8 Å². The number of halogens is 1. The summed E-state index contributed by atoms with van der Waals surface area (Å²) >= 11 is 3.55. The average molecular weight is 344 g/mol. The highest BCUT2D eigenvalue weighted by Crippen LogP contribution is 2.32. The maximum absolute atomic E-state index is 4.44. The van der Waals surface area contributed by atoms with Gasteiger partial charge in [0, 0.05) is 23.5 Å². The van der Waals surface area contributed by atoms with Gasteiger partial charge in [-0.1, -0.05) is 28.1 Å². The molecule has 1 unspecified atom stereocenters. The van der Waals surface area contributed by atoms with E-state index in [1.807, 2.05) is 0 Å². The Labute approximate surface area is 130 Å². The van der Waals surface area contributed by atoms with Gasteiger partial charge in [-0.15, -0.1) is 0 Å². The molecule has 1 atom stereocenters. The van der Waals surface area contributed by atoms with E-state index in [2.05, 4.69) is 65.0 Å². The minimum Gasteiger partial charge on any atom is -0.354 e. The standard InChI is InChI=1S/C15H14BrN5/c16-12-3-1-2-10(6-12)11-4-5-21(7-11)15-13-14(18-8-17-13)19-9-20-15/h1-3,6,8-9,11H,4-5,7H2,(H,17,18,19,20). The van der Waals surface area contributed by atoms with Gasteiger partial charge in [-0.2, -0.15) is 0 Å². The van der Waals surface area contributed by atoms with Crippen LogP contribution in [0.1, 0.15) is 17.9 Å². The minimum atomic E-state index is 0.537. The van der Waals surface area contributed by atoms with Crippen molar-refractivity contribution < 1.29 is 0 Å².